The van der Waals surface area contributed by atoms with Crippen LogP contribution in [0.25, 0.3) is 20.7 Å². The van der Waals surface area contributed by atoms with Crippen LogP contribution in [0.2, 0.25) is 0 Å². The van der Waals surface area contributed by atoms with Gasteiger partial charge in [0.25, 0.3) is 5.56 Å². The maximum atomic E-state index is 12.5. The molecular weight excluding hydrogens is 314 g/mol. The molecule has 0 aromatic carbocycles. The molecule has 0 amide bonds. The minimum atomic E-state index is -0.0124. The van der Waals surface area contributed by atoms with E-state index in [1.807, 2.05) is 22.9 Å². The molecule has 1 fully saturated rings. The Morgan fingerprint density at radius 1 is 1.23 bits per heavy atom. The first kappa shape index (κ1) is 14.1. The Hall–Kier alpha value is -1.50. The highest BCUT2D eigenvalue weighted by atomic mass is 32.1. The van der Waals surface area contributed by atoms with Crippen LogP contribution >= 0.6 is 22.7 Å². The standard InChI is InChI=1S/C16H17N3OS2/c20-15-14-11(12-5-4-8-21-12)10-22-16(14)18-13(17-15)9-19-6-2-1-3-7-19/h4-5,8,10H,1-3,6-7,9H2,(H,17,18,20). The van der Waals surface area contributed by atoms with Gasteiger partial charge in [0.1, 0.15) is 10.7 Å². The Balaban J connectivity index is 1.70. The highest BCUT2D eigenvalue weighted by molar-refractivity contribution is 7.18. The lowest BCUT2D eigenvalue weighted by Gasteiger charge is -2.25. The number of likely N-dealkylation sites (tertiary alicyclic amines) is 1. The lowest BCUT2D eigenvalue weighted by Crippen LogP contribution is -2.30. The monoisotopic (exact) mass is 331 g/mol. The molecular formula is C16H17N3OS2. The second kappa shape index (κ2) is 5.95. The van der Waals surface area contributed by atoms with Crippen LogP contribution in [-0.4, -0.2) is 28.0 Å². The summed E-state index contributed by atoms with van der Waals surface area (Å²) in [6, 6.07) is 4.06. The number of thiophene rings is 2. The fourth-order valence-electron chi connectivity index (χ4n) is 3.01. The number of hydrogen-bond donors (Lipinski definition) is 1. The number of rotatable bonds is 3. The van der Waals surface area contributed by atoms with Crippen molar-refractivity contribution in [2.24, 2.45) is 0 Å². The van der Waals surface area contributed by atoms with E-state index in [1.54, 1.807) is 22.7 Å². The smallest absolute Gasteiger partial charge is 0.260 e. The maximum Gasteiger partial charge on any atom is 0.260 e. The average Bonchev–Trinajstić information content (AvgIpc) is 3.16. The van der Waals surface area contributed by atoms with E-state index >= 15 is 0 Å². The number of aromatic nitrogens is 2. The molecule has 4 heterocycles. The van der Waals surface area contributed by atoms with E-state index in [0.29, 0.717) is 0 Å². The summed E-state index contributed by atoms with van der Waals surface area (Å²) in [4.78, 5) is 24.5. The van der Waals surface area contributed by atoms with Gasteiger partial charge in [0.2, 0.25) is 0 Å². The zero-order valence-corrected chi connectivity index (χ0v) is 13.8. The Kier molecular flexibility index (Phi) is 3.82. The Bertz CT molecular complexity index is 829. The molecule has 1 aliphatic heterocycles. The fourth-order valence-corrected chi connectivity index (χ4v) is 4.79. The van der Waals surface area contributed by atoms with Crippen LogP contribution in [-0.2, 0) is 6.54 Å². The van der Waals surface area contributed by atoms with E-state index < -0.39 is 0 Å². The minimum Gasteiger partial charge on any atom is -0.309 e. The van der Waals surface area contributed by atoms with E-state index in [-0.39, 0.29) is 5.56 Å². The van der Waals surface area contributed by atoms with Gasteiger partial charge in [0.15, 0.2) is 0 Å². The number of piperidine rings is 1. The molecule has 0 atom stereocenters. The molecule has 0 aliphatic carbocycles. The third kappa shape index (κ3) is 2.62. The van der Waals surface area contributed by atoms with Gasteiger partial charge in [0, 0.05) is 15.8 Å². The van der Waals surface area contributed by atoms with Crippen molar-refractivity contribution in [3.63, 3.8) is 0 Å². The number of nitrogens with one attached hydrogen (secondary N) is 1. The molecule has 4 rings (SSSR count). The van der Waals surface area contributed by atoms with Crippen molar-refractivity contribution in [1.82, 2.24) is 14.9 Å². The summed E-state index contributed by atoms with van der Waals surface area (Å²) in [7, 11) is 0. The number of aromatic amines is 1. The van der Waals surface area contributed by atoms with Crippen molar-refractivity contribution in [2.45, 2.75) is 25.8 Å². The molecule has 0 bridgehead atoms. The molecule has 1 saturated heterocycles. The first-order chi connectivity index (χ1) is 10.8. The average molecular weight is 331 g/mol. The molecule has 0 spiro atoms. The van der Waals surface area contributed by atoms with Crippen LogP contribution in [0, 0.1) is 0 Å². The van der Waals surface area contributed by atoms with Crippen LogP contribution < -0.4 is 5.56 Å². The second-order valence-electron chi connectivity index (χ2n) is 5.66. The maximum absolute atomic E-state index is 12.5. The van der Waals surface area contributed by atoms with Gasteiger partial charge in [0.05, 0.1) is 11.9 Å². The zero-order valence-electron chi connectivity index (χ0n) is 12.2. The minimum absolute atomic E-state index is 0.0124. The number of fused-ring (bicyclic) bond motifs is 1. The third-order valence-electron chi connectivity index (χ3n) is 4.10. The van der Waals surface area contributed by atoms with Crippen LogP contribution in [0.5, 0.6) is 0 Å². The molecule has 0 radical (unpaired) electrons. The van der Waals surface area contributed by atoms with E-state index in [9.17, 15) is 4.79 Å². The molecule has 22 heavy (non-hydrogen) atoms. The predicted molar refractivity (Wildman–Crippen MR) is 92.7 cm³/mol. The fraction of sp³-hybridized carbons (Fsp3) is 0.375. The summed E-state index contributed by atoms with van der Waals surface area (Å²) >= 11 is 3.21. The molecule has 4 nitrogen and oxygen atoms in total. The molecule has 3 aromatic rings. The van der Waals surface area contributed by atoms with Gasteiger partial charge in [-0.3, -0.25) is 9.69 Å². The van der Waals surface area contributed by atoms with Crippen LogP contribution in [0.15, 0.2) is 27.7 Å². The number of hydrogen-bond acceptors (Lipinski definition) is 5. The summed E-state index contributed by atoms with van der Waals surface area (Å²) in [5, 5.41) is 4.81. The molecule has 1 N–H and O–H groups in total. The summed E-state index contributed by atoms with van der Waals surface area (Å²) in [5.41, 5.74) is 0.995. The van der Waals surface area contributed by atoms with Gasteiger partial charge >= 0.3 is 0 Å². The molecule has 0 unspecified atom stereocenters. The zero-order chi connectivity index (χ0) is 14.9. The number of nitrogens with zero attached hydrogens (tertiary/aromatic N) is 2. The normalized spacial score (nSPS) is 16.4. The lowest BCUT2D eigenvalue weighted by atomic mass is 10.1. The topological polar surface area (TPSA) is 49.0 Å². The SMILES string of the molecule is O=c1[nH]c(CN2CCCCC2)nc2scc(-c3cccs3)c12. The Labute approximate surface area is 136 Å². The third-order valence-corrected chi connectivity index (χ3v) is 5.88. The van der Waals surface area contributed by atoms with Crippen molar-refractivity contribution in [3.05, 3.63) is 39.1 Å². The summed E-state index contributed by atoms with van der Waals surface area (Å²) in [5.74, 6) is 0.791. The van der Waals surface area contributed by atoms with Gasteiger partial charge in [-0.25, -0.2) is 4.98 Å². The molecule has 6 heteroatoms. The quantitative estimate of drug-likeness (QED) is 0.796. The van der Waals surface area contributed by atoms with E-state index in [0.717, 1.165) is 46.1 Å². The summed E-state index contributed by atoms with van der Waals surface area (Å²) in [6.07, 6.45) is 3.80. The second-order valence-corrected chi connectivity index (χ2v) is 7.46. The van der Waals surface area contributed by atoms with E-state index in [4.69, 9.17) is 0 Å². The predicted octanol–water partition coefficient (Wildman–Crippen LogP) is 3.70. The first-order valence-electron chi connectivity index (χ1n) is 7.58. The molecule has 0 saturated carbocycles. The van der Waals surface area contributed by atoms with Gasteiger partial charge in [-0.15, -0.1) is 22.7 Å². The Morgan fingerprint density at radius 2 is 2.09 bits per heavy atom. The lowest BCUT2D eigenvalue weighted by molar-refractivity contribution is 0.216. The van der Waals surface area contributed by atoms with Crippen molar-refractivity contribution in [1.29, 1.82) is 0 Å². The summed E-state index contributed by atoms with van der Waals surface area (Å²) in [6.45, 7) is 2.96. The van der Waals surface area contributed by atoms with E-state index in [1.165, 1.54) is 19.3 Å². The van der Waals surface area contributed by atoms with Gasteiger partial charge in [-0.05, 0) is 37.4 Å². The van der Waals surface area contributed by atoms with Crippen molar-refractivity contribution in [3.8, 4) is 10.4 Å². The van der Waals surface area contributed by atoms with E-state index in [2.05, 4.69) is 14.9 Å². The molecule has 1 aliphatic rings. The van der Waals surface area contributed by atoms with Crippen LogP contribution in [0.4, 0.5) is 0 Å². The van der Waals surface area contributed by atoms with Crippen molar-refractivity contribution < 1.29 is 0 Å². The number of H-pyrrole nitrogens is 1. The highest BCUT2D eigenvalue weighted by Gasteiger charge is 2.16. The van der Waals surface area contributed by atoms with Gasteiger partial charge in [-0.2, -0.15) is 0 Å². The highest BCUT2D eigenvalue weighted by Crippen LogP contribution is 2.33. The molecule has 3 aromatic heterocycles. The van der Waals surface area contributed by atoms with Crippen molar-refractivity contribution >= 4 is 32.9 Å². The van der Waals surface area contributed by atoms with Gasteiger partial charge in [-0.1, -0.05) is 12.5 Å². The van der Waals surface area contributed by atoms with Crippen LogP contribution in [0.1, 0.15) is 25.1 Å². The van der Waals surface area contributed by atoms with Gasteiger partial charge < -0.3 is 4.98 Å². The first-order valence-corrected chi connectivity index (χ1v) is 9.34. The Morgan fingerprint density at radius 3 is 2.86 bits per heavy atom. The molecule has 114 valence electrons. The van der Waals surface area contributed by atoms with Crippen molar-refractivity contribution in [2.75, 3.05) is 13.1 Å². The summed E-state index contributed by atoms with van der Waals surface area (Å²) < 4.78 is 0. The van der Waals surface area contributed by atoms with Crippen LogP contribution in [0.3, 0.4) is 0 Å². The largest absolute Gasteiger partial charge is 0.309 e.